The highest BCUT2D eigenvalue weighted by atomic mass is 79.9. The number of H-pyrrole nitrogens is 1. The maximum Gasteiger partial charge on any atom is 0.140 e. The molecule has 0 amide bonds. The molecule has 0 saturated heterocycles. The molecule has 2 rings (SSSR count). The molecule has 3 nitrogen and oxygen atoms in total. The summed E-state index contributed by atoms with van der Waals surface area (Å²) < 4.78 is 26.2. The molecular formula is C9H6BrF2N3. The van der Waals surface area contributed by atoms with Crippen LogP contribution in [0.4, 0.5) is 14.6 Å². The lowest BCUT2D eigenvalue weighted by molar-refractivity contribution is 0.573. The van der Waals surface area contributed by atoms with Crippen LogP contribution in [0.1, 0.15) is 0 Å². The van der Waals surface area contributed by atoms with Gasteiger partial charge in [-0.15, -0.1) is 0 Å². The number of nitrogens with zero attached hydrogens (tertiary/aromatic N) is 1. The Kier molecular flexibility index (Phi) is 2.44. The fourth-order valence-corrected chi connectivity index (χ4v) is 1.47. The third kappa shape index (κ3) is 1.72. The van der Waals surface area contributed by atoms with Crippen molar-refractivity contribution in [1.29, 1.82) is 0 Å². The van der Waals surface area contributed by atoms with Crippen molar-refractivity contribution in [2.24, 2.45) is 0 Å². The summed E-state index contributed by atoms with van der Waals surface area (Å²) in [5.41, 5.74) is 6.36. The first-order valence-corrected chi connectivity index (χ1v) is 4.82. The van der Waals surface area contributed by atoms with Crippen molar-refractivity contribution in [3.8, 4) is 11.1 Å². The second-order valence-corrected chi connectivity index (χ2v) is 3.74. The van der Waals surface area contributed by atoms with Crippen LogP contribution in [0.15, 0.2) is 22.8 Å². The molecule has 0 atom stereocenters. The maximum absolute atomic E-state index is 13.2. The molecule has 3 N–H and O–H groups in total. The summed E-state index contributed by atoms with van der Waals surface area (Å²) in [6.45, 7) is 0. The molecule has 0 aliphatic rings. The maximum atomic E-state index is 13.2. The number of rotatable bonds is 1. The number of anilines is 1. The smallest absolute Gasteiger partial charge is 0.140 e. The van der Waals surface area contributed by atoms with Crippen molar-refractivity contribution in [2.75, 3.05) is 5.73 Å². The second kappa shape index (κ2) is 3.62. The van der Waals surface area contributed by atoms with E-state index in [2.05, 4.69) is 26.1 Å². The van der Waals surface area contributed by atoms with Crippen LogP contribution in [0.2, 0.25) is 0 Å². The van der Waals surface area contributed by atoms with Crippen LogP contribution in [0.25, 0.3) is 11.1 Å². The summed E-state index contributed by atoms with van der Waals surface area (Å²) in [6, 6.07) is 2.38. The van der Waals surface area contributed by atoms with Gasteiger partial charge in [0.05, 0.1) is 10.7 Å². The molecule has 0 radical (unpaired) electrons. The van der Waals surface area contributed by atoms with Crippen molar-refractivity contribution in [3.63, 3.8) is 0 Å². The highest BCUT2D eigenvalue weighted by molar-refractivity contribution is 9.10. The van der Waals surface area contributed by atoms with Crippen molar-refractivity contribution < 1.29 is 8.78 Å². The van der Waals surface area contributed by atoms with Gasteiger partial charge in [-0.1, -0.05) is 0 Å². The van der Waals surface area contributed by atoms with Gasteiger partial charge in [-0.2, -0.15) is 5.10 Å². The molecule has 0 aliphatic heterocycles. The van der Waals surface area contributed by atoms with Gasteiger partial charge >= 0.3 is 0 Å². The Morgan fingerprint density at radius 2 is 1.87 bits per heavy atom. The molecule has 0 aliphatic carbocycles. The fraction of sp³-hybridized carbons (Fsp3) is 0. The SMILES string of the molecule is Nc1[nH]ncc1-c1cc(F)c(Br)c(F)c1. The molecular weight excluding hydrogens is 268 g/mol. The van der Waals surface area contributed by atoms with Gasteiger partial charge in [0.25, 0.3) is 0 Å². The number of aromatic amines is 1. The number of aromatic nitrogens is 2. The Morgan fingerprint density at radius 3 is 2.33 bits per heavy atom. The Labute approximate surface area is 92.4 Å². The van der Waals surface area contributed by atoms with Gasteiger partial charge in [0, 0.05) is 5.56 Å². The summed E-state index contributed by atoms with van der Waals surface area (Å²) >= 11 is 2.79. The zero-order valence-electron chi connectivity index (χ0n) is 7.39. The van der Waals surface area contributed by atoms with Gasteiger partial charge in [0.1, 0.15) is 17.5 Å². The first kappa shape index (κ1) is 10.1. The fourth-order valence-electron chi connectivity index (χ4n) is 1.24. The van der Waals surface area contributed by atoms with Gasteiger partial charge < -0.3 is 5.73 Å². The third-order valence-corrected chi connectivity index (χ3v) is 2.72. The summed E-state index contributed by atoms with van der Waals surface area (Å²) in [4.78, 5) is 0. The Morgan fingerprint density at radius 1 is 1.27 bits per heavy atom. The van der Waals surface area contributed by atoms with E-state index in [1.807, 2.05) is 0 Å². The number of hydrogen-bond donors (Lipinski definition) is 2. The molecule has 0 fully saturated rings. The number of nitrogens with one attached hydrogen (secondary N) is 1. The summed E-state index contributed by atoms with van der Waals surface area (Å²) in [5, 5.41) is 6.17. The molecule has 1 aromatic carbocycles. The lowest BCUT2D eigenvalue weighted by Gasteiger charge is -2.02. The standard InChI is InChI=1S/C9H6BrF2N3/c10-8-6(11)1-4(2-7(8)12)5-3-14-15-9(5)13/h1-3H,(H3,13,14,15). The van der Waals surface area contributed by atoms with E-state index in [9.17, 15) is 8.78 Å². The van der Waals surface area contributed by atoms with E-state index in [1.54, 1.807) is 0 Å². The summed E-state index contributed by atoms with van der Waals surface area (Å²) in [7, 11) is 0. The molecule has 1 aromatic heterocycles. The van der Waals surface area contributed by atoms with Gasteiger partial charge in [-0.05, 0) is 33.6 Å². The predicted molar refractivity (Wildman–Crippen MR) is 56.1 cm³/mol. The number of benzene rings is 1. The van der Waals surface area contributed by atoms with E-state index in [0.717, 1.165) is 0 Å². The molecule has 0 unspecified atom stereocenters. The molecule has 2 aromatic rings. The lowest BCUT2D eigenvalue weighted by Crippen LogP contribution is -1.90. The number of nitrogen functional groups attached to an aromatic ring is 1. The zero-order valence-corrected chi connectivity index (χ0v) is 8.98. The molecule has 1 heterocycles. The summed E-state index contributed by atoms with van der Waals surface area (Å²) in [5.74, 6) is -1.08. The van der Waals surface area contributed by atoms with Gasteiger partial charge in [-0.25, -0.2) is 8.78 Å². The van der Waals surface area contributed by atoms with Crippen LogP contribution in [0, 0.1) is 11.6 Å². The van der Waals surface area contributed by atoms with Crippen molar-refractivity contribution in [3.05, 3.63) is 34.4 Å². The molecule has 0 spiro atoms. The van der Waals surface area contributed by atoms with Crippen molar-refractivity contribution >= 4 is 21.7 Å². The van der Waals surface area contributed by atoms with Crippen LogP contribution in [0.3, 0.4) is 0 Å². The Balaban J connectivity index is 2.60. The monoisotopic (exact) mass is 273 g/mol. The first-order chi connectivity index (χ1) is 7.09. The highest BCUT2D eigenvalue weighted by Gasteiger charge is 2.12. The minimum Gasteiger partial charge on any atom is -0.384 e. The van der Waals surface area contributed by atoms with E-state index >= 15 is 0 Å². The number of halogens is 3. The molecule has 15 heavy (non-hydrogen) atoms. The Bertz CT molecular complexity index is 487. The number of nitrogens with two attached hydrogens (primary N) is 1. The minimum absolute atomic E-state index is 0.187. The number of hydrogen-bond acceptors (Lipinski definition) is 2. The van der Waals surface area contributed by atoms with Crippen LogP contribution < -0.4 is 5.73 Å². The van der Waals surface area contributed by atoms with Crippen molar-refractivity contribution in [2.45, 2.75) is 0 Å². The van der Waals surface area contributed by atoms with Gasteiger partial charge in [0.2, 0.25) is 0 Å². The topological polar surface area (TPSA) is 54.7 Å². The van der Waals surface area contributed by atoms with E-state index in [0.29, 0.717) is 11.1 Å². The van der Waals surface area contributed by atoms with E-state index in [4.69, 9.17) is 5.73 Å². The van der Waals surface area contributed by atoms with Crippen LogP contribution >= 0.6 is 15.9 Å². The van der Waals surface area contributed by atoms with E-state index < -0.39 is 11.6 Å². The van der Waals surface area contributed by atoms with Crippen LogP contribution in [-0.2, 0) is 0 Å². The third-order valence-electron chi connectivity index (χ3n) is 1.96. The van der Waals surface area contributed by atoms with E-state index in [1.165, 1.54) is 18.3 Å². The Hall–Kier alpha value is -1.43. The van der Waals surface area contributed by atoms with Gasteiger partial charge in [0.15, 0.2) is 0 Å². The molecule has 0 saturated carbocycles. The van der Waals surface area contributed by atoms with E-state index in [-0.39, 0.29) is 10.3 Å². The first-order valence-electron chi connectivity index (χ1n) is 4.03. The van der Waals surface area contributed by atoms with Crippen LogP contribution in [0.5, 0.6) is 0 Å². The lowest BCUT2D eigenvalue weighted by atomic mass is 10.1. The molecule has 78 valence electrons. The average Bonchev–Trinajstić information content (AvgIpc) is 2.60. The quantitative estimate of drug-likeness (QED) is 0.785. The van der Waals surface area contributed by atoms with Crippen LogP contribution in [-0.4, -0.2) is 10.2 Å². The average molecular weight is 274 g/mol. The zero-order chi connectivity index (χ0) is 11.0. The van der Waals surface area contributed by atoms with Crippen molar-refractivity contribution in [1.82, 2.24) is 10.2 Å². The molecule has 6 heteroatoms. The highest BCUT2D eigenvalue weighted by Crippen LogP contribution is 2.29. The predicted octanol–water partition coefficient (Wildman–Crippen LogP) is 2.70. The largest absolute Gasteiger partial charge is 0.384 e. The minimum atomic E-state index is -0.675. The molecule has 0 bridgehead atoms. The second-order valence-electron chi connectivity index (χ2n) is 2.95. The van der Waals surface area contributed by atoms with Gasteiger partial charge in [-0.3, -0.25) is 5.10 Å². The normalized spacial score (nSPS) is 10.6. The summed E-state index contributed by atoms with van der Waals surface area (Å²) in [6.07, 6.45) is 1.41.